The number of hydrogen-bond donors (Lipinski definition) is 2. The first-order valence-corrected chi connectivity index (χ1v) is 10.8. The van der Waals surface area contributed by atoms with E-state index in [-0.39, 0.29) is 29.9 Å². The van der Waals surface area contributed by atoms with Crippen molar-refractivity contribution in [2.24, 2.45) is 4.99 Å². The van der Waals surface area contributed by atoms with Gasteiger partial charge in [-0.15, -0.1) is 24.0 Å². The molecule has 0 radical (unpaired) electrons. The zero-order valence-corrected chi connectivity index (χ0v) is 21.2. The van der Waals surface area contributed by atoms with Crippen molar-refractivity contribution in [3.05, 3.63) is 23.9 Å². The van der Waals surface area contributed by atoms with Crippen molar-refractivity contribution in [3.8, 4) is 0 Å². The Hall–Kier alpha value is -1.62. The summed E-state index contributed by atoms with van der Waals surface area (Å²) in [6, 6.07) is 4.14. The van der Waals surface area contributed by atoms with E-state index in [1.807, 2.05) is 37.9 Å². The highest BCUT2D eigenvalue weighted by Crippen LogP contribution is 2.15. The average molecular weight is 531 g/mol. The molecule has 9 heteroatoms. The Bertz CT molecular complexity index is 659. The van der Waals surface area contributed by atoms with Crippen molar-refractivity contribution in [1.29, 1.82) is 0 Å². The molecule has 1 aromatic heterocycles. The Morgan fingerprint density at radius 3 is 2.50 bits per heavy atom. The van der Waals surface area contributed by atoms with Crippen LogP contribution in [0.25, 0.3) is 0 Å². The number of guanidine groups is 1. The van der Waals surface area contributed by atoms with Crippen LogP contribution in [-0.2, 0) is 11.3 Å². The van der Waals surface area contributed by atoms with Crippen LogP contribution in [0.15, 0.2) is 23.3 Å². The number of hydrogen-bond acceptors (Lipinski definition) is 5. The fraction of sp³-hybridized carbons (Fsp3) is 0.667. The summed E-state index contributed by atoms with van der Waals surface area (Å²) < 4.78 is 0. The summed E-state index contributed by atoms with van der Waals surface area (Å²) in [6.45, 7) is 13.6. The van der Waals surface area contributed by atoms with E-state index in [0.29, 0.717) is 19.5 Å². The van der Waals surface area contributed by atoms with Gasteiger partial charge in [0.1, 0.15) is 5.82 Å². The third-order valence-electron chi connectivity index (χ3n) is 5.15. The van der Waals surface area contributed by atoms with Crippen LogP contribution in [0.4, 0.5) is 5.82 Å². The van der Waals surface area contributed by atoms with Crippen LogP contribution in [0, 0.1) is 0 Å². The summed E-state index contributed by atoms with van der Waals surface area (Å²) in [7, 11) is 2.15. The van der Waals surface area contributed by atoms with Crippen LogP contribution in [0.5, 0.6) is 0 Å². The van der Waals surface area contributed by atoms with Gasteiger partial charge in [0.15, 0.2) is 5.96 Å². The molecule has 2 heterocycles. The molecule has 2 N–H and O–H groups in total. The maximum atomic E-state index is 12.1. The fourth-order valence-electron chi connectivity index (χ4n) is 3.30. The molecule has 1 aromatic rings. The van der Waals surface area contributed by atoms with Gasteiger partial charge in [0.2, 0.25) is 5.91 Å². The molecule has 170 valence electrons. The third-order valence-corrected chi connectivity index (χ3v) is 5.15. The highest BCUT2D eigenvalue weighted by molar-refractivity contribution is 14.0. The quantitative estimate of drug-likeness (QED) is 0.288. The van der Waals surface area contributed by atoms with Gasteiger partial charge in [-0.25, -0.2) is 9.98 Å². The number of anilines is 1. The van der Waals surface area contributed by atoms with E-state index in [9.17, 15) is 4.79 Å². The lowest BCUT2D eigenvalue weighted by Gasteiger charge is -2.33. The van der Waals surface area contributed by atoms with Gasteiger partial charge < -0.3 is 25.3 Å². The van der Waals surface area contributed by atoms with E-state index in [2.05, 4.69) is 43.5 Å². The minimum Gasteiger partial charge on any atom is -0.357 e. The highest BCUT2D eigenvalue weighted by Gasteiger charge is 2.15. The first-order chi connectivity index (χ1) is 14.1. The van der Waals surface area contributed by atoms with E-state index in [4.69, 9.17) is 0 Å². The largest absolute Gasteiger partial charge is 0.357 e. The Morgan fingerprint density at radius 1 is 1.17 bits per heavy atom. The van der Waals surface area contributed by atoms with E-state index < -0.39 is 0 Å². The molecule has 0 atom stereocenters. The molecule has 0 unspecified atom stereocenters. The summed E-state index contributed by atoms with van der Waals surface area (Å²) in [5.74, 6) is 1.93. The number of rotatable bonds is 9. The Morgan fingerprint density at radius 2 is 1.87 bits per heavy atom. The number of amides is 1. The zero-order valence-electron chi connectivity index (χ0n) is 18.9. The number of nitrogens with zero attached hydrogens (tertiary/aromatic N) is 5. The number of piperazine rings is 1. The molecule has 2 rings (SSSR count). The van der Waals surface area contributed by atoms with Gasteiger partial charge in [0.25, 0.3) is 0 Å². The smallest absolute Gasteiger partial charge is 0.224 e. The molecule has 0 bridgehead atoms. The van der Waals surface area contributed by atoms with Crippen molar-refractivity contribution >= 4 is 41.7 Å². The number of aliphatic imine (C=N–C) groups is 1. The normalized spacial score (nSPS) is 14.8. The standard InChI is InChI=1S/C21H37N7O.HI/c1-5-22-21(24-11-9-20(29)27(6-2)7-3)25-17-18-8-10-23-19(16-18)28-14-12-26(4)13-15-28;/h8,10,16H,5-7,9,11-15,17H2,1-4H3,(H2,22,24,25);1H. The monoisotopic (exact) mass is 531 g/mol. The van der Waals surface area contributed by atoms with Crippen molar-refractivity contribution in [3.63, 3.8) is 0 Å². The molecule has 1 amide bonds. The van der Waals surface area contributed by atoms with Crippen LogP contribution in [0.2, 0.25) is 0 Å². The molecule has 1 aliphatic rings. The number of pyridine rings is 1. The summed E-state index contributed by atoms with van der Waals surface area (Å²) in [5.41, 5.74) is 1.13. The molecule has 0 aromatic carbocycles. The van der Waals surface area contributed by atoms with Gasteiger partial charge in [0.05, 0.1) is 6.54 Å². The summed E-state index contributed by atoms with van der Waals surface area (Å²) in [5, 5.41) is 6.52. The predicted octanol–water partition coefficient (Wildman–Crippen LogP) is 1.77. The first kappa shape index (κ1) is 26.4. The van der Waals surface area contributed by atoms with Gasteiger partial charge in [-0.2, -0.15) is 0 Å². The van der Waals surface area contributed by atoms with Crippen LogP contribution in [0.3, 0.4) is 0 Å². The lowest BCUT2D eigenvalue weighted by Crippen LogP contribution is -2.44. The molecule has 8 nitrogen and oxygen atoms in total. The molecule has 0 aliphatic carbocycles. The molecule has 1 saturated heterocycles. The molecular formula is C21H38IN7O. The van der Waals surface area contributed by atoms with E-state index in [1.54, 1.807) is 0 Å². The molecule has 30 heavy (non-hydrogen) atoms. The summed E-state index contributed by atoms with van der Waals surface area (Å²) in [6.07, 6.45) is 2.33. The van der Waals surface area contributed by atoms with Gasteiger partial charge in [-0.05, 0) is 45.5 Å². The maximum absolute atomic E-state index is 12.1. The second-order valence-electron chi connectivity index (χ2n) is 7.25. The van der Waals surface area contributed by atoms with E-state index in [1.165, 1.54) is 0 Å². The number of halogens is 1. The van der Waals surface area contributed by atoms with Crippen molar-refractivity contribution < 1.29 is 4.79 Å². The highest BCUT2D eigenvalue weighted by atomic mass is 127. The van der Waals surface area contributed by atoms with Gasteiger partial charge in [0, 0.05) is 65.0 Å². The zero-order chi connectivity index (χ0) is 21.1. The Kier molecular flexibility index (Phi) is 12.7. The lowest BCUT2D eigenvalue weighted by molar-refractivity contribution is -0.130. The van der Waals surface area contributed by atoms with Gasteiger partial charge in [-0.3, -0.25) is 4.79 Å². The SMILES string of the molecule is CCNC(=NCc1ccnc(N2CCN(C)CC2)c1)NCCC(=O)N(CC)CC.I. The molecule has 1 aliphatic heterocycles. The fourth-order valence-corrected chi connectivity index (χ4v) is 3.30. The molecule has 0 saturated carbocycles. The number of nitrogens with one attached hydrogen (secondary N) is 2. The number of aromatic nitrogens is 1. The van der Waals surface area contributed by atoms with E-state index >= 15 is 0 Å². The first-order valence-electron chi connectivity index (χ1n) is 10.8. The minimum absolute atomic E-state index is 0. The predicted molar refractivity (Wildman–Crippen MR) is 135 cm³/mol. The second-order valence-corrected chi connectivity index (χ2v) is 7.25. The topological polar surface area (TPSA) is 76.1 Å². The average Bonchev–Trinajstić information content (AvgIpc) is 2.73. The molecule has 0 spiro atoms. The number of carbonyl (C=O) groups excluding carboxylic acids is 1. The van der Waals surface area contributed by atoms with Crippen LogP contribution < -0.4 is 15.5 Å². The summed E-state index contributed by atoms with van der Waals surface area (Å²) >= 11 is 0. The second kappa shape index (κ2) is 14.4. The minimum atomic E-state index is 0. The van der Waals surface area contributed by atoms with Crippen LogP contribution in [-0.4, -0.2) is 86.1 Å². The van der Waals surface area contributed by atoms with Crippen molar-refractivity contribution in [2.45, 2.75) is 33.7 Å². The van der Waals surface area contributed by atoms with E-state index in [0.717, 1.165) is 63.2 Å². The number of likely N-dealkylation sites (N-methyl/N-ethyl adjacent to an activating group) is 1. The molecule has 1 fully saturated rings. The Balaban J connectivity index is 0.00000450. The van der Waals surface area contributed by atoms with Crippen LogP contribution in [0.1, 0.15) is 32.8 Å². The summed E-state index contributed by atoms with van der Waals surface area (Å²) in [4.78, 5) is 27.9. The lowest BCUT2D eigenvalue weighted by atomic mass is 10.2. The molecular weight excluding hydrogens is 493 g/mol. The van der Waals surface area contributed by atoms with Crippen molar-refractivity contribution in [1.82, 2.24) is 25.4 Å². The maximum Gasteiger partial charge on any atom is 0.224 e. The Labute approximate surface area is 198 Å². The van der Waals surface area contributed by atoms with Crippen molar-refractivity contribution in [2.75, 3.05) is 64.3 Å². The van der Waals surface area contributed by atoms with Gasteiger partial charge in [-0.1, -0.05) is 0 Å². The van der Waals surface area contributed by atoms with Gasteiger partial charge >= 0.3 is 0 Å². The number of carbonyl (C=O) groups is 1. The third kappa shape index (κ3) is 8.63. The van der Waals surface area contributed by atoms with Crippen LogP contribution >= 0.6 is 24.0 Å².